The molecule has 0 N–H and O–H groups in total. The van der Waals surface area contributed by atoms with Crippen molar-refractivity contribution in [2.24, 2.45) is 0 Å². The van der Waals surface area contributed by atoms with Gasteiger partial charge in [0, 0.05) is 0 Å². The van der Waals surface area contributed by atoms with E-state index in [0.29, 0.717) is 0 Å². The first-order valence-electron chi connectivity index (χ1n) is 3.69. The number of rotatable bonds is 0. The van der Waals surface area contributed by atoms with E-state index in [0.717, 1.165) is 10.6 Å². The van der Waals surface area contributed by atoms with E-state index < -0.39 is 13.8 Å². The number of fused-ring (bicyclic) bond motifs is 1. The van der Waals surface area contributed by atoms with E-state index in [1.807, 2.05) is 0 Å². The van der Waals surface area contributed by atoms with Gasteiger partial charge in [0.1, 0.15) is 0 Å². The first-order chi connectivity index (χ1) is 5.25. The molecular weight excluding hydrogens is 203 g/mol. The summed E-state index contributed by atoms with van der Waals surface area (Å²) in [6.45, 7) is 2.08. The van der Waals surface area contributed by atoms with Gasteiger partial charge in [-0.1, -0.05) is 0 Å². The summed E-state index contributed by atoms with van der Waals surface area (Å²) in [5, 5.41) is 1.71. The van der Waals surface area contributed by atoms with Crippen molar-refractivity contribution in [3.05, 3.63) is 34.9 Å². The predicted octanol–water partition coefficient (Wildman–Crippen LogP) is 1.59. The molecule has 0 saturated heterocycles. The van der Waals surface area contributed by atoms with E-state index in [-0.39, 0.29) is 0 Å². The number of benzene rings is 1. The molecule has 0 fully saturated rings. The molecule has 0 aliphatic carbocycles. The second-order valence-corrected chi connectivity index (χ2v) is 6.06. The van der Waals surface area contributed by atoms with Crippen molar-refractivity contribution in [3.8, 4) is 0 Å². The van der Waals surface area contributed by atoms with Crippen molar-refractivity contribution >= 4 is 13.8 Å². The quantitative estimate of drug-likeness (QED) is 0.598. The maximum atomic E-state index is 11.2. The first kappa shape index (κ1) is 7.20. The van der Waals surface area contributed by atoms with E-state index in [1.54, 1.807) is 0 Å². The molecule has 58 valence electrons. The molecule has 1 aliphatic heterocycles. The summed E-state index contributed by atoms with van der Waals surface area (Å²) < 4.78 is 11.2. The van der Waals surface area contributed by atoms with E-state index in [4.69, 9.17) is 0 Å². The first-order valence-corrected chi connectivity index (χ1v) is 6.81. The Hall–Kier alpha value is -0.461. The molecule has 11 heavy (non-hydrogen) atoms. The van der Waals surface area contributed by atoms with Gasteiger partial charge in [0.2, 0.25) is 0 Å². The van der Waals surface area contributed by atoms with Gasteiger partial charge < -0.3 is 0 Å². The fourth-order valence-corrected chi connectivity index (χ4v) is 4.25. The van der Waals surface area contributed by atoms with E-state index in [1.165, 1.54) is 16.7 Å². The summed E-state index contributed by atoms with van der Waals surface area (Å²) in [6.07, 6.45) is 0. The van der Waals surface area contributed by atoms with Crippen molar-refractivity contribution in [1.29, 1.82) is 0 Å². The van der Waals surface area contributed by atoms with Crippen LogP contribution in [0.1, 0.15) is 16.7 Å². The van der Waals surface area contributed by atoms with Crippen LogP contribution in [0.4, 0.5) is 0 Å². The molecule has 2 heteroatoms. The topological polar surface area (TPSA) is 17.1 Å². The zero-order chi connectivity index (χ0) is 7.84. The van der Waals surface area contributed by atoms with Gasteiger partial charge in [-0.3, -0.25) is 0 Å². The second kappa shape index (κ2) is 2.54. The summed E-state index contributed by atoms with van der Waals surface area (Å²) in [5.74, 6) is 0. The SMILES string of the molecule is Cc1ccc2c(c1)C[Se](=O)C2. The third-order valence-corrected chi connectivity index (χ3v) is 4.65. The minimum absolute atomic E-state index is 0.857. The predicted molar refractivity (Wildman–Crippen MR) is 45.0 cm³/mol. The molecular formula is C9H10OSe. The normalized spacial score (nSPS) is 21.7. The summed E-state index contributed by atoms with van der Waals surface area (Å²) in [6, 6.07) is 6.38. The van der Waals surface area contributed by atoms with Crippen molar-refractivity contribution in [2.75, 3.05) is 0 Å². The Labute approximate surface area is 70.5 Å². The molecule has 1 aromatic carbocycles. The molecule has 0 bridgehead atoms. The molecule has 1 atom stereocenters. The zero-order valence-corrected chi connectivity index (χ0v) is 8.18. The van der Waals surface area contributed by atoms with Gasteiger partial charge in [-0.2, -0.15) is 0 Å². The minimum atomic E-state index is -1.49. The van der Waals surface area contributed by atoms with Gasteiger partial charge in [0.05, 0.1) is 0 Å². The molecule has 0 saturated carbocycles. The van der Waals surface area contributed by atoms with Crippen molar-refractivity contribution in [1.82, 2.24) is 0 Å². The molecule has 0 spiro atoms. The van der Waals surface area contributed by atoms with E-state index >= 15 is 0 Å². The van der Waals surface area contributed by atoms with Gasteiger partial charge in [-0.15, -0.1) is 0 Å². The standard InChI is InChI=1S/C9H10OSe/c1-7-2-3-8-5-11(10)6-9(8)4-7/h2-4H,5-6H2,1H3. The number of hydrogen-bond acceptors (Lipinski definition) is 1. The van der Waals surface area contributed by atoms with Crippen molar-refractivity contribution in [2.45, 2.75) is 17.6 Å². The van der Waals surface area contributed by atoms with Gasteiger partial charge in [-0.25, -0.2) is 0 Å². The molecule has 0 aromatic heterocycles. The average Bonchev–Trinajstić information content (AvgIpc) is 2.27. The summed E-state index contributed by atoms with van der Waals surface area (Å²) in [5.41, 5.74) is 3.92. The van der Waals surface area contributed by atoms with Crippen LogP contribution in [0, 0.1) is 6.92 Å². The van der Waals surface area contributed by atoms with Gasteiger partial charge in [0.15, 0.2) is 0 Å². The molecule has 1 aromatic rings. The zero-order valence-electron chi connectivity index (χ0n) is 6.46. The van der Waals surface area contributed by atoms with Crippen LogP contribution in [0.5, 0.6) is 0 Å². The van der Waals surface area contributed by atoms with Crippen LogP contribution in [0.25, 0.3) is 0 Å². The Morgan fingerprint density at radius 2 is 2.00 bits per heavy atom. The summed E-state index contributed by atoms with van der Waals surface area (Å²) in [7, 11) is 0. The maximum absolute atomic E-state index is 11.2. The Bertz CT molecular complexity index is 317. The van der Waals surface area contributed by atoms with Crippen molar-refractivity contribution in [3.63, 3.8) is 0 Å². The fraction of sp³-hybridized carbons (Fsp3) is 0.333. The molecule has 0 amide bonds. The van der Waals surface area contributed by atoms with Crippen molar-refractivity contribution < 1.29 is 3.83 Å². The van der Waals surface area contributed by atoms with Gasteiger partial charge >= 0.3 is 70.1 Å². The summed E-state index contributed by atoms with van der Waals surface area (Å²) in [4.78, 5) is 0. The molecule has 1 nitrogen and oxygen atoms in total. The summed E-state index contributed by atoms with van der Waals surface area (Å²) >= 11 is -1.49. The fourth-order valence-electron chi connectivity index (χ4n) is 1.43. The van der Waals surface area contributed by atoms with Gasteiger partial charge in [0.25, 0.3) is 0 Å². The van der Waals surface area contributed by atoms with Gasteiger partial charge in [-0.05, 0) is 0 Å². The molecule has 0 radical (unpaired) electrons. The Kier molecular flexibility index (Phi) is 1.67. The number of hydrogen-bond donors (Lipinski definition) is 0. The van der Waals surface area contributed by atoms with Crippen LogP contribution in [0.15, 0.2) is 18.2 Å². The molecule has 1 heterocycles. The van der Waals surface area contributed by atoms with Crippen LogP contribution < -0.4 is 0 Å². The van der Waals surface area contributed by atoms with E-state index in [9.17, 15) is 3.83 Å². The third-order valence-electron chi connectivity index (χ3n) is 1.99. The molecule has 1 unspecified atom stereocenters. The average molecular weight is 213 g/mol. The Morgan fingerprint density at radius 1 is 1.27 bits per heavy atom. The Balaban J connectivity index is 2.51. The third kappa shape index (κ3) is 1.29. The van der Waals surface area contributed by atoms with Crippen LogP contribution in [0.3, 0.4) is 0 Å². The van der Waals surface area contributed by atoms with Crippen LogP contribution in [-0.2, 0) is 14.5 Å². The monoisotopic (exact) mass is 214 g/mol. The molecule has 2 rings (SSSR count). The van der Waals surface area contributed by atoms with Crippen LogP contribution in [0.2, 0.25) is 0 Å². The van der Waals surface area contributed by atoms with Crippen LogP contribution >= 0.6 is 0 Å². The molecule has 1 aliphatic rings. The van der Waals surface area contributed by atoms with E-state index in [2.05, 4.69) is 25.1 Å². The second-order valence-electron chi connectivity index (χ2n) is 3.00. The Morgan fingerprint density at radius 3 is 2.82 bits per heavy atom. The number of aryl methyl sites for hydroxylation is 1. The van der Waals surface area contributed by atoms with Crippen LogP contribution in [-0.4, -0.2) is 13.8 Å².